The number of nitrogens with zero attached hydrogens (tertiary/aromatic N) is 1. The van der Waals surface area contributed by atoms with Gasteiger partial charge in [0.25, 0.3) is 0 Å². The average Bonchev–Trinajstić information content (AvgIpc) is 2.95. The maximum atomic E-state index is 3.59. The topological polar surface area (TPSA) is 15.3 Å². The molecule has 0 bridgehead atoms. The normalized spacial score (nSPS) is 12.8. The maximum Gasteiger partial charge on any atom is 0.0386 e. The fraction of sp³-hybridized carbons (Fsp3) is 0.412. The lowest BCUT2D eigenvalue weighted by Crippen LogP contribution is -2.30. The second kappa shape index (κ2) is 7.58. The molecule has 0 fully saturated rings. The zero-order valence-corrected chi connectivity index (χ0v) is 13.4. The molecular weight excluding hydrogens is 264 g/mol. The lowest BCUT2D eigenvalue weighted by Gasteiger charge is -2.20. The summed E-state index contributed by atoms with van der Waals surface area (Å²) in [6.45, 7) is 7.50. The van der Waals surface area contributed by atoms with Crippen LogP contribution in [0, 0.1) is 6.92 Å². The van der Waals surface area contributed by atoms with E-state index in [1.54, 1.807) is 0 Å². The van der Waals surface area contributed by atoms with Crippen molar-refractivity contribution in [2.75, 3.05) is 20.1 Å². The Morgan fingerprint density at radius 3 is 2.70 bits per heavy atom. The first-order valence-corrected chi connectivity index (χ1v) is 8.04. The van der Waals surface area contributed by atoms with Gasteiger partial charge in [-0.15, -0.1) is 11.3 Å². The molecular formula is C17H24N2S. The summed E-state index contributed by atoms with van der Waals surface area (Å²) in [7, 11) is 2.18. The van der Waals surface area contributed by atoms with Crippen molar-refractivity contribution in [1.82, 2.24) is 10.2 Å². The second-order valence-electron chi connectivity index (χ2n) is 5.36. The number of likely N-dealkylation sites (N-methyl/N-ethyl adjacent to an activating group) is 1. The van der Waals surface area contributed by atoms with Crippen LogP contribution >= 0.6 is 11.3 Å². The molecule has 1 aromatic carbocycles. The summed E-state index contributed by atoms with van der Waals surface area (Å²) >= 11 is 1.82. The standard InChI is InChI=1S/C17H24N2S/c1-14-7-4-5-8-16(14)13-19(3)11-10-18-15(2)17-9-6-12-20-17/h4-9,12,15,18H,10-11,13H2,1-3H3. The average molecular weight is 288 g/mol. The van der Waals surface area contributed by atoms with Crippen LogP contribution in [0.25, 0.3) is 0 Å². The molecule has 1 aromatic heterocycles. The number of nitrogens with one attached hydrogen (secondary N) is 1. The zero-order valence-electron chi connectivity index (χ0n) is 12.6. The second-order valence-corrected chi connectivity index (χ2v) is 6.33. The van der Waals surface area contributed by atoms with Crippen molar-refractivity contribution in [3.8, 4) is 0 Å². The van der Waals surface area contributed by atoms with Crippen LogP contribution in [0.15, 0.2) is 41.8 Å². The number of thiophene rings is 1. The Kier molecular flexibility index (Phi) is 5.77. The highest BCUT2D eigenvalue weighted by atomic mass is 32.1. The molecule has 1 atom stereocenters. The molecule has 108 valence electrons. The third-order valence-electron chi connectivity index (χ3n) is 3.62. The number of benzene rings is 1. The highest BCUT2D eigenvalue weighted by molar-refractivity contribution is 7.10. The lowest BCUT2D eigenvalue weighted by molar-refractivity contribution is 0.318. The molecule has 3 heteroatoms. The predicted molar refractivity (Wildman–Crippen MR) is 88.2 cm³/mol. The van der Waals surface area contributed by atoms with Crippen LogP contribution < -0.4 is 5.32 Å². The van der Waals surface area contributed by atoms with Crippen molar-refractivity contribution >= 4 is 11.3 Å². The molecule has 20 heavy (non-hydrogen) atoms. The summed E-state index contributed by atoms with van der Waals surface area (Å²) < 4.78 is 0. The first-order valence-electron chi connectivity index (χ1n) is 7.16. The van der Waals surface area contributed by atoms with Crippen LogP contribution in [0.5, 0.6) is 0 Å². The van der Waals surface area contributed by atoms with Crippen molar-refractivity contribution in [3.63, 3.8) is 0 Å². The third-order valence-corrected chi connectivity index (χ3v) is 4.67. The van der Waals surface area contributed by atoms with E-state index in [0.29, 0.717) is 6.04 Å². The Morgan fingerprint density at radius 1 is 1.20 bits per heavy atom. The molecule has 2 rings (SSSR count). The van der Waals surface area contributed by atoms with Crippen LogP contribution in [-0.4, -0.2) is 25.0 Å². The molecule has 1 N–H and O–H groups in total. The van der Waals surface area contributed by atoms with E-state index in [4.69, 9.17) is 0 Å². The summed E-state index contributed by atoms with van der Waals surface area (Å²) in [5, 5.41) is 5.72. The molecule has 0 radical (unpaired) electrons. The van der Waals surface area contributed by atoms with Crippen molar-refractivity contribution in [3.05, 3.63) is 57.8 Å². The Hall–Kier alpha value is -1.16. The quantitative estimate of drug-likeness (QED) is 0.833. The Morgan fingerprint density at radius 2 is 2.00 bits per heavy atom. The van der Waals surface area contributed by atoms with E-state index in [2.05, 4.69) is 72.9 Å². The van der Waals surface area contributed by atoms with E-state index in [1.165, 1.54) is 16.0 Å². The van der Waals surface area contributed by atoms with E-state index in [9.17, 15) is 0 Å². The van der Waals surface area contributed by atoms with Gasteiger partial charge in [0, 0.05) is 30.6 Å². The largest absolute Gasteiger partial charge is 0.308 e. The Balaban J connectivity index is 1.73. The number of aryl methyl sites for hydroxylation is 1. The van der Waals surface area contributed by atoms with Crippen molar-refractivity contribution in [1.29, 1.82) is 0 Å². The summed E-state index contributed by atoms with van der Waals surface area (Å²) in [6.07, 6.45) is 0. The summed E-state index contributed by atoms with van der Waals surface area (Å²) in [5.41, 5.74) is 2.79. The minimum atomic E-state index is 0.446. The third kappa shape index (κ3) is 4.44. The van der Waals surface area contributed by atoms with Gasteiger partial charge in [-0.05, 0) is 43.5 Å². The molecule has 0 spiro atoms. The molecule has 0 amide bonds. The summed E-state index contributed by atoms with van der Waals surface area (Å²) in [4.78, 5) is 3.78. The molecule has 2 aromatic rings. The van der Waals surface area contributed by atoms with Crippen molar-refractivity contribution in [2.24, 2.45) is 0 Å². The smallest absolute Gasteiger partial charge is 0.0386 e. The van der Waals surface area contributed by atoms with Gasteiger partial charge in [-0.1, -0.05) is 30.3 Å². The van der Waals surface area contributed by atoms with Gasteiger partial charge in [0.1, 0.15) is 0 Å². The molecule has 0 saturated heterocycles. The van der Waals surface area contributed by atoms with Gasteiger partial charge in [0.15, 0.2) is 0 Å². The van der Waals surface area contributed by atoms with Crippen molar-refractivity contribution in [2.45, 2.75) is 26.4 Å². The van der Waals surface area contributed by atoms with Crippen LogP contribution in [0.4, 0.5) is 0 Å². The van der Waals surface area contributed by atoms with Gasteiger partial charge in [-0.2, -0.15) is 0 Å². The fourth-order valence-electron chi connectivity index (χ4n) is 2.27. The van der Waals surface area contributed by atoms with Gasteiger partial charge in [-0.25, -0.2) is 0 Å². The number of hydrogen-bond acceptors (Lipinski definition) is 3. The predicted octanol–water partition coefficient (Wildman–Crippen LogP) is 3.84. The van der Waals surface area contributed by atoms with E-state index >= 15 is 0 Å². The molecule has 1 unspecified atom stereocenters. The minimum Gasteiger partial charge on any atom is -0.308 e. The number of hydrogen-bond donors (Lipinski definition) is 1. The first-order chi connectivity index (χ1) is 9.66. The highest BCUT2D eigenvalue weighted by Gasteiger charge is 2.06. The number of rotatable bonds is 7. The van der Waals surface area contributed by atoms with E-state index in [-0.39, 0.29) is 0 Å². The SMILES string of the molecule is Cc1ccccc1CN(C)CCNC(C)c1cccs1. The van der Waals surface area contributed by atoms with E-state index in [1.807, 2.05) is 11.3 Å². The monoisotopic (exact) mass is 288 g/mol. The lowest BCUT2D eigenvalue weighted by atomic mass is 10.1. The van der Waals surface area contributed by atoms with Crippen molar-refractivity contribution < 1.29 is 0 Å². The molecule has 0 aliphatic heterocycles. The maximum absolute atomic E-state index is 3.59. The molecule has 1 heterocycles. The van der Waals surface area contributed by atoms with Gasteiger partial charge in [0.2, 0.25) is 0 Å². The first kappa shape index (κ1) is 15.2. The van der Waals surface area contributed by atoms with Crippen LogP contribution in [0.2, 0.25) is 0 Å². The Labute approximate surface area is 126 Å². The summed E-state index contributed by atoms with van der Waals surface area (Å²) in [6, 6.07) is 13.4. The Bertz CT molecular complexity index is 507. The van der Waals surface area contributed by atoms with Gasteiger partial charge in [0.05, 0.1) is 0 Å². The highest BCUT2D eigenvalue weighted by Crippen LogP contribution is 2.17. The van der Waals surface area contributed by atoms with Gasteiger partial charge >= 0.3 is 0 Å². The molecule has 0 saturated carbocycles. The van der Waals surface area contributed by atoms with Crippen LogP contribution in [0.1, 0.15) is 29.0 Å². The molecule has 0 aliphatic rings. The fourth-order valence-corrected chi connectivity index (χ4v) is 3.03. The van der Waals surface area contributed by atoms with Gasteiger partial charge in [-0.3, -0.25) is 0 Å². The summed E-state index contributed by atoms with van der Waals surface area (Å²) in [5.74, 6) is 0. The van der Waals surface area contributed by atoms with Crippen LogP contribution in [-0.2, 0) is 6.54 Å². The van der Waals surface area contributed by atoms with E-state index < -0.39 is 0 Å². The van der Waals surface area contributed by atoms with Crippen LogP contribution in [0.3, 0.4) is 0 Å². The zero-order chi connectivity index (χ0) is 14.4. The van der Waals surface area contributed by atoms with Gasteiger partial charge < -0.3 is 10.2 Å². The van der Waals surface area contributed by atoms with E-state index in [0.717, 1.165) is 19.6 Å². The minimum absolute atomic E-state index is 0.446. The molecule has 2 nitrogen and oxygen atoms in total. The molecule has 0 aliphatic carbocycles.